The molecular formula is C79H84Cl3N9O24. The molecule has 7 aliphatic rings. The third-order valence-corrected chi connectivity index (χ3v) is 21.4. The fourth-order valence-electron chi connectivity index (χ4n) is 14.4. The van der Waals surface area contributed by atoms with Gasteiger partial charge in [0.1, 0.15) is 95.6 Å². The summed E-state index contributed by atoms with van der Waals surface area (Å²) in [7, 11) is 1.48. The first-order valence-corrected chi connectivity index (χ1v) is 37.5. The van der Waals surface area contributed by atoms with E-state index in [-0.39, 0.29) is 58.5 Å². The number of primary amides is 1. The zero-order valence-corrected chi connectivity index (χ0v) is 64.2. The summed E-state index contributed by atoms with van der Waals surface area (Å²) < 4.78 is 38.9. The van der Waals surface area contributed by atoms with Crippen molar-refractivity contribution in [2.24, 2.45) is 11.7 Å². The van der Waals surface area contributed by atoms with Gasteiger partial charge in [-0.1, -0.05) is 103 Å². The van der Waals surface area contributed by atoms with Crippen molar-refractivity contribution < 1.29 is 118 Å². The van der Waals surface area contributed by atoms with Gasteiger partial charge in [0, 0.05) is 46.3 Å². The summed E-state index contributed by atoms with van der Waals surface area (Å²) in [5.74, 6) is -16.0. The zero-order valence-electron chi connectivity index (χ0n) is 62.0. The van der Waals surface area contributed by atoms with Crippen molar-refractivity contribution in [1.82, 2.24) is 42.5 Å². The SMILES string of the molecule is CN[C@H](CC(C)C)C(=O)N[C@H]1C(=O)N[C@@H](CC(N)=O)C(=O)N[C@H]2C(=O)N[C@H]3C(=O)N[C@H](C(=O)N[C@H](C(=O)O)c4cc(O)cc(O)c4-c4cc3ccc4O)[C@H](O[C@H]3C[C@](C)(NCc4ccc(-c5ccc(Cl)cc5)cc4)[C@@H](O)[C@H](C)O3)c3ccc(c(Cl)c3)Oc3cc2cc(c3O[C@@H]2O[C@H](CO)[C@@H](O)[C@H](O)[C@H]2O)Oc2ccc(cc2Cl)[C@H]1O. The molecule has 7 amide bonds. The van der Waals surface area contributed by atoms with Crippen LogP contribution in [0.3, 0.4) is 0 Å². The zero-order chi connectivity index (χ0) is 82.9. The number of carbonyl (C=O) groups is 8. The quantitative estimate of drug-likeness (QED) is 0.0605. The molecule has 2 fully saturated rings. The number of rotatable bonds is 17. The predicted molar refractivity (Wildman–Crippen MR) is 409 cm³/mol. The number of hydrogen-bond donors (Lipinski definition) is 19. The predicted octanol–water partition coefficient (Wildman–Crippen LogP) is 4.26. The molecule has 18 atom stereocenters. The number of aliphatic carboxylic acids is 1. The van der Waals surface area contributed by atoms with Crippen LogP contribution in [0.15, 0.2) is 127 Å². The Kier molecular flexibility index (Phi) is 25.5. The number of aromatic hydroxyl groups is 3. The monoisotopic (exact) mass is 1650 g/mol. The maximum absolute atomic E-state index is 16.3. The Hall–Kier alpha value is -10.5. The standard InChI is InChI=1S/C79H84Cl3N9O24/c1-32(2)20-47(84-5)71(102)90-62-64(97)38-13-18-51(45(81)22-38)111-53-24-40-25-54(69(53)115-78-67(100)66(99)65(98)55(31-92)113-78)112-52-19-14-39(23-46(52)82)68(114-57-29-79(4,70(101)33(3)110-57)85-30-34-6-8-35(9-7-34)36-10-15-41(80)16-11-36)63-76(107)89-61(77(108)109)44-26-42(93)27-50(95)58(44)43-21-37(12-17-49(43)94)59(73(104)91-63)88-74(105)60(40)87-72(103)48(28-56(83)96)86-75(62)106/h6-19,21-27,32-33,47-48,55,57,59-68,70,78,84-85,92-95,97-101H,20,28-31H2,1-5H3,(H2,83,96)(H,86,106)(H,87,103)(H,88,105)(H,89,107)(H,90,102)(H,91,104)(H,108,109)/t33-,47+,48-,55+,57-,59+,60+,61-,62+,63-,64+,65+,66-,67+,68+,70-,78-,79-/m0/s1. The van der Waals surface area contributed by atoms with Gasteiger partial charge in [-0.15, -0.1) is 0 Å². The van der Waals surface area contributed by atoms with Crippen molar-refractivity contribution in [2.75, 3.05) is 13.7 Å². The first-order valence-electron chi connectivity index (χ1n) is 36.4. The number of aliphatic hydroxyl groups is 6. The number of phenolic OH excluding ortho intramolecular Hbond substituents is 3. The maximum Gasteiger partial charge on any atom is 0.330 e. The van der Waals surface area contributed by atoms with E-state index < -0.39 is 231 Å². The molecule has 7 aliphatic heterocycles. The van der Waals surface area contributed by atoms with E-state index in [2.05, 4.69) is 42.5 Å². The highest BCUT2D eigenvalue weighted by atomic mass is 35.5. The van der Waals surface area contributed by atoms with Gasteiger partial charge in [-0.25, -0.2) is 4.79 Å². The number of likely N-dealkylation sites (N-methyl/N-ethyl adjacent to an activating group) is 1. The molecule has 0 aliphatic carbocycles. The highest BCUT2D eigenvalue weighted by Gasteiger charge is 2.50. The number of carboxylic acids is 1. The molecule has 115 heavy (non-hydrogen) atoms. The van der Waals surface area contributed by atoms with Crippen LogP contribution in [0.5, 0.6) is 46.0 Å². The third kappa shape index (κ3) is 18.3. The second kappa shape index (κ2) is 34.9. The lowest BCUT2D eigenvalue weighted by Crippen LogP contribution is -2.63. The summed E-state index contributed by atoms with van der Waals surface area (Å²) in [5.41, 5.74) is 4.28. The largest absolute Gasteiger partial charge is 0.508 e. The molecule has 0 unspecified atom stereocenters. The molecule has 7 aromatic carbocycles. The van der Waals surface area contributed by atoms with Crippen LogP contribution in [0.25, 0.3) is 22.3 Å². The number of carbonyl (C=O) groups excluding carboxylic acids is 7. The highest BCUT2D eigenvalue weighted by Crippen LogP contribution is 2.50. The van der Waals surface area contributed by atoms with Crippen LogP contribution in [-0.4, -0.2) is 191 Å². The number of amides is 7. The number of carboxylic acid groups (broad SMARTS) is 1. The lowest BCUT2D eigenvalue weighted by atomic mass is 9.84. The number of nitrogens with two attached hydrogens (primary N) is 1. The number of nitrogens with one attached hydrogen (secondary N) is 8. The maximum atomic E-state index is 16.3. The van der Waals surface area contributed by atoms with Crippen LogP contribution >= 0.6 is 34.8 Å². The second-order valence-electron chi connectivity index (χ2n) is 29.2. The molecule has 0 spiro atoms. The Morgan fingerprint density at radius 2 is 1.27 bits per heavy atom. The molecule has 14 rings (SSSR count). The van der Waals surface area contributed by atoms with Crippen LogP contribution in [0, 0.1) is 5.92 Å². The fourth-order valence-corrected chi connectivity index (χ4v) is 15.0. The van der Waals surface area contributed by atoms with Crippen molar-refractivity contribution in [2.45, 2.75) is 163 Å². The van der Waals surface area contributed by atoms with E-state index in [0.717, 1.165) is 65.2 Å². The Bertz CT molecular complexity index is 4890. The van der Waals surface area contributed by atoms with Crippen LogP contribution in [0.2, 0.25) is 15.1 Å². The smallest absolute Gasteiger partial charge is 0.330 e. The van der Waals surface area contributed by atoms with E-state index >= 15 is 19.2 Å². The Balaban J connectivity index is 1.07. The molecule has 33 nitrogen and oxygen atoms in total. The lowest BCUT2D eigenvalue weighted by Gasteiger charge is -2.47. The number of ether oxygens (including phenoxy) is 6. The number of fused-ring (bicyclic) bond motifs is 15. The summed E-state index contributed by atoms with van der Waals surface area (Å²) in [6, 6.07) is 14.5. The third-order valence-electron chi connectivity index (χ3n) is 20.5. The highest BCUT2D eigenvalue weighted by molar-refractivity contribution is 6.32. The number of phenols is 3. The molecule has 7 heterocycles. The van der Waals surface area contributed by atoms with Crippen LogP contribution < -0.4 is 62.5 Å². The molecule has 20 N–H and O–H groups in total. The Morgan fingerprint density at radius 1 is 0.661 bits per heavy atom. The van der Waals surface area contributed by atoms with Gasteiger partial charge in [0.05, 0.1) is 41.3 Å². The van der Waals surface area contributed by atoms with Gasteiger partial charge in [-0.2, -0.15) is 0 Å². The van der Waals surface area contributed by atoms with Crippen LogP contribution in [-0.2, 0) is 59.1 Å². The average molecular weight is 1650 g/mol. The molecule has 0 saturated carbocycles. The topological polar surface area (TPSA) is 517 Å². The normalized spacial score (nSPS) is 27.2. The van der Waals surface area contributed by atoms with Gasteiger partial charge in [0.25, 0.3) is 0 Å². The first-order chi connectivity index (χ1) is 54.6. The number of halogens is 3. The molecule has 36 heteroatoms. The Labute approximate surface area is 671 Å². The van der Waals surface area contributed by atoms with E-state index in [1.54, 1.807) is 19.1 Å². The van der Waals surface area contributed by atoms with Gasteiger partial charge in [0.15, 0.2) is 23.8 Å². The second-order valence-corrected chi connectivity index (χ2v) is 30.4. The average Bonchev–Trinajstić information content (AvgIpc) is 0.763. The summed E-state index contributed by atoms with van der Waals surface area (Å²) in [6.45, 7) is 6.04. The van der Waals surface area contributed by atoms with Crippen molar-refractivity contribution in [1.29, 1.82) is 0 Å². The van der Waals surface area contributed by atoms with E-state index in [4.69, 9.17) is 69.0 Å². The molecule has 0 radical (unpaired) electrons. The lowest BCUT2D eigenvalue weighted by molar-refractivity contribution is -0.277. The minimum atomic E-state index is -2.36. The van der Waals surface area contributed by atoms with Crippen molar-refractivity contribution in [3.05, 3.63) is 176 Å². The minimum absolute atomic E-state index is 0.103. The Morgan fingerprint density at radius 3 is 1.89 bits per heavy atom. The van der Waals surface area contributed by atoms with Crippen molar-refractivity contribution in [3.63, 3.8) is 0 Å². The van der Waals surface area contributed by atoms with Gasteiger partial charge >= 0.3 is 5.97 Å². The van der Waals surface area contributed by atoms with Gasteiger partial charge in [-0.3, -0.25) is 33.6 Å². The van der Waals surface area contributed by atoms with E-state index in [1.807, 2.05) is 50.2 Å². The van der Waals surface area contributed by atoms with Crippen LogP contribution in [0.1, 0.15) is 111 Å². The van der Waals surface area contributed by atoms with Gasteiger partial charge in [-0.05, 0) is 139 Å². The minimum Gasteiger partial charge on any atom is -0.508 e. The summed E-state index contributed by atoms with van der Waals surface area (Å²) in [4.78, 5) is 120. The van der Waals surface area contributed by atoms with E-state index in [1.165, 1.54) is 44.3 Å². The molecule has 610 valence electrons. The molecule has 11 bridgehead atoms. The molecule has 0 aromatic heterocycles. The summed E-state index contributed by atoms with van der Waals surface area (Å²) in [6.07, 6.45) is -19.0. The van der Waals surface area contributed by atoms with Crippen molar-refractivity contribution >= 4 is 82.1 Å². The fraction of sp³-hybridized carbons (Fsp3) is 0.367. The summed E-state index contributed by atoms with van der Waals surface area (Å²) >= 11 is 20.6. The van der Waals surface area contributed by atoms with Gasteiger partial charge < -0.3 is 128 Å². The summed E-state index contributed by atoms with van der Waals surface area (Å²) in [5, 5.41) is 136. The number of aliphatic hydroxyl groups excluding tert-OH is 6. The number of hydrogen-bond acceptors (Lipinski definition) is 25. The van der Waals surface area contributed by atoms with E-state index in [9.17, 15) is 70.2 Å². The molecule has 7 aromatic rings. The van der Waals surface area contributed by atoms with Crippen LogP contribution in [0.4, 0.5) is 0 Å². The molecular weight excluding hydrogens is 1570 g/mol. The van der Waals surface area contributed by atoms with Gasteiger partial charge in [0.2, 0.25) is 53.4 Å². The van der Waals surface area contributed by atoms with E-state index in [0.29, 0.717) is 5.02 Å². The van der Waals surface area contributed by atoms with Crippen molar-refractivity contribution in [3.8, 4) is 68.2 Å². The number of benzene rings is 7. The first kappa shape index (κ1) is 83.9. The molecule has 2 saturated heterocycles.